The van der Waals surface area contributed by atoms with Gasteiger partial charge in [0, 0.05) is 35.6 Å². The summed E-state index contributed by atoms with van der Waals surface area (Å²) in [7, 11) is 0. The van der Waals surface area contributed by atoms with E-state index in [0.717, 1.165) is 47.0 Å². The molecule has 0 bridgehead atoms. The largest absolute Gasteiger partial charge is 0.382 e. The summed E-state index contributed by atoms with van der Waals surface area (Å²) >= 11 is 0. The highest BCUT2D eigenvalue weighted by Gasteiger charge is 2.14. The Labute approximate surface area is 136 Å². The number of nitriles is 1. The lowest BCUT2D eigenvalue weighted by Gasteiger charge is -2.17. The molecule has 0 saturated heterocycles. The first-order valence-electron chi connectivity index (χ1n) is 7.45. The van der Waals surface area contributed by atoms with Crippen molar-refractivity contribution in [1.82, 2.24) is 0 Å². The average molecular weight is 302 g/mol. The molecule has 0 amide bonds. The van der Waals surface area contributed by atoms with E-state index in [0.29, 0.717) is 5.56 Å². The number of rotatable bonds is 3. The maximum atomic E-state index is 8.86. The predicted octanol–water partition coefficient (Wildman–Crippen LogP) is 4.38. The molecule has 2 aromatic carbocycles. The molecule has 0 spiro atoms. The van der Waals surface area contributed by atoms with Crippen LogP contribution in [0.1, 0.15) is 17.5 Å². The Morgan fingerprint density at radius 2 is 1.96 bits per heavy atom. The maximum Gasteiger partial charge on any atom is 0.0991 e. The number of nitrogens with one attached hydrogen (secondary N) is 3. The van der Waals surface area contributed by atoms with Crippen LogP contribution in [-0.4, -0.2) is 6.54 Å². The lowest BCUT2D eigenvalue weighted by molar-refractivity contribution is 1.03. The van der Waals surface area contributed by atoms with Gasteiger partial charge in [0.2, 0.25) is 0 Å². The molecule has 1 heterocycles. The lowest BCUT2D eigenvalue weighted by atomic mass is 10.1. The van der Waals surface area contributed by atoms with Crippen molar-refractivity contribution >= 4 is 22.8 Å². The number of anilines is 3. The van der Waals surface area contributed by atoms with Crippen molar-refractivity contribution in [3.63, 3.8) is 0 Å². The minimum absolute atomic E-state index is 0.638. The van der Waals surface area contributed by atoms with Crippen LogP contribution in [0.4, 0.5) is 17.1 Å². The third-order valence-corrected chi connectivity index (χ3v) is 3.74. The van der Waals surface area contributed by atoms with Gasteiger partial charge in [0.05, 0.1) is 23.0 Å². The van der Waals surface area contributed by atoms with Gasteiger partial charge in [0.15, 0.2) is 0 Å². The fourth-order valence-corrected chi connectivity index (χ4v) is 2.56. The van der Waals surface area contributed by atoms with Crippen LogP contribution >= 0.6 is 0 Å². The first kappa shape index (κ1) is 14.7. The van der Waals surface area contributed by atoms with Crippen molar-refractivity contribution in [2.75, 3.05) is 22.5 Å². The summed E-state index contributed by atoms with van der Waals surface area (Å²) in [5.74, 6) is 0. The summed E-state index contributed by atoms with van der Waals surface area (Å²) in [6, 6.07) is 15.5. The second kappa shape index (κ2) is 6.29. The fourth-order valence-electron chi connectivity index (χ4n) is 2.56. The summed E-state index contributed by atoms with van der Waals surface area (Å²) in [6.45, 7) is 9.00. The molecule has 1 aliphatic rings. The van der Waals surface area contributed by atoms with E-state index >= 15 is 0 Å². The second-order valence-corrected chi connectivity index (χ2v) is 5.43. The molecular formula is C19H18N4. The molecule has 1 aliphatic heterocycles. The number of para-hydroxylation sites is 1. The number of hydrogen-bond donors (Lipinski definition) is 3. The Bertz CT molecular complexity index is 797. The molecule has 0 saturated carbocycles. The molecule has 0 unspecified atom stereocenters. The van der Waals surface area contributed by atoms with Gasteiger partial charge < -0.3 is 16.0 Å². The highest BCUT2D eigenvalue weighted by Crippen LogP contribution is 2.33. The fraction of sp³-hybridized carbons (Fsp3) is 0.105. The minimum atomic E-state index is 0.638. The molecule has 114 valence electrons. The van der Waals surface area contributed by atoms with Crippen molar-refractivity contribution in [3.05, 3.63) is 72.4 Å². The van der Waals surface area contributed by atoms with Gasteiger partial charge in [-0.2, -0.15) is 5.26 Å². The predicted molar refractivity (Wildman–Crippen MR) is 96.1 cm³/mol. The van der Waals surface area contributed by atoms with E-state index in [2.05, 4.69) is 35.2 Å². The molecule has 2 aromatic rings. The third-order valence-electron chi connectivity index (χ3n) is 3.74. The molecular weight excluding hydrogens is 284 g/mol. The van der Waals surface area contributed by atoms with Gasteiger partial charge in [-0.25, -0.2) is 0 Å². The van der Waals surface area contributed by atoms with Crippen LogP contribution < -0.4 is 16.0 Å². The van der Waals surface area contributed by atoms with Crippen LogP contribution in [0.5, 0.6) is 0 Å². The monoisotopic (exact) mass is 302 g/mol. The SMILES string of the molecule is C=C1CCNc2c(cccc2C(=C)Nc2ccc(C#N)cc2)N1. The van der Waals surface area contributed by atoms with E-state index in [1.807, 2.05) is 30.3 Å². The standard InChI is InChI=1S/C19H18N4/c1-13-10-11-21-19-17(4-3-5-18(19)22-13)14(2)23-16-8-6-15(12-20)7-9-16/h3-9,21-23H,1-2,10-11H2. The minimum Gasteiger partial charge on any atom is -0.382 e. The van der Waals surface area contributed by atoms with Crippen LogP contribution in [0.25, 0.3) is 5.70 Å². The first-order chi connectivity index (χ1) is 11.2. The molecule has 3 N–H and O–H groups in total. The molecule has 23 heavy (non-hydrogen) atoms. The molecule has 4 heteroatoms. The Hall–Kier alpha value is -3.19. The zero-order chi connectivity index (χ0) is 16.2. The van der Waals surface area contributed by atoms with E-state index < -0.39 is 0 Å². The van der Waals surface area contributed by atoms with Crippen molar-refractivity contribution in [3.8, 4) is 6.07 Å². The van der Waals surface area contributed by atoms with Crippen LogP contribution in [0.3, 0.4) is 0 Å². The number of hydrogen-bond acceptors (Lipinski definition) is 4. The Morgan fingerprint density at radius 1 is 1.17 bits per heavy atom. The lowest BCUT2D eigenvalue weighted by Crippen LogP contribution is -2.05. The van der Waals surface area contributed by atoms with Crippen LogP contribution in [0.15, 0.2) is 61.3 Å². The van der Waals surface area contributed by atoms with Crippen molar-refractivity contribution in [2.45, 2.75) is 6.42 Å². The molecule has 0 aliphatic carbocycles. The number of fused-ring (bicyclic) bond motifs is 1. The maximum absolute atomic E-state index is 8.86. The van der Waals surface area contributed by atoms with Crippen molar-refractivity contribution in [1.29, 1.82) is 5.26 Å². The third kappa shape index (κ3) is 3.19. The van der Waals surface area contributed by atoms with Gasteiger partial charge in [-0.1, -0.05) is 25.3 Å². The normalized spacial score (nSPS) is 12.9. The summed E-state index contributed by atoms with van der Waals surface area (Å²) in [5, 5.41) is 18.9. The van der Waals surface area contributed by atoms with Crippen molar-refractivity contribution in [2.24, 2.45) is 0 Å². The Morgan fingerprint density at radius 3 is 2.70 bits per heavy atom. The molecule has 0 radical (unpaired) electrons. The van der Waals surface area contributed by atoms with E-state index in [1.165, 1.54) is 0 Å². The van der Waals surface area contributed by atoms with Gasteiger partial charge in [0.1, 0.15) is 0 Å². The van der Waals surface area contributed by atoms with Gasteiger partial charge in [0.25, 0.3) is 0 Å². The van der Waals surface area contributed by atoms with Gasteiger partial charge in [-0.15, -0.1) is 0 Å². The molecule has 4 nitrogen and oxygen atoms in total. The van der Waals surface area contributed by atoms with Gasteiger partial charge >= 0.3 is 0 Å². The number of nitrogens with zero attached hydrogens (tertiary/aromatic N) is 1. The van der Waals surface area contributed by atoms with E-state index in [-0.39, 0.29) is 0 Å². The van der Waals surface area contributed by atoms with Crippen molar-refractivity contribution < 1.29 is 0 Å². The summed E-state index contributed by atoms with van der Waals surface area (Å²) < 4.78 is 0. The zero-order valence-corrected chi connectivity index (χ0v) is 12.8. The first-order valence-corrected chi connectivity index (χ1v) is 7.45. The smallest absolute Gasteiger partial charge is 0.0991 e. The van der Waals surface area contributed by atoms with Crippen LogP contribution in [0, 0.1) is 11.3 Å². The second-order valence-electron chi connectivity index (χ2n) is 5.43. The van der Waals surface area contributed by atoms with Gasteiger partial charge in [-0.3, -0.25) is 0 Å². The Kier molecular flexibility index (Phi) is 4.03. The summed E-state index contributed by atoms with van der Waals surface area (Å²) in [4.78, 5) is 0. The topological polar surface area (TPSA) is 59.9 Å². The quantitative estimate of drug-likeness (QED) is 0.787. The zero-order valence-electron chi connectivity index (χ0n) is 12.8. The molecule has 0 fully saturated rings. The van der Waals surface area contributed by atoms with E-state index in [9.17, 15) is 0 Å². The molecule has 3 rings (SSSR count). The van der Waals surface area contributed by atoms with Crippen LogP contribution in [0.2, 0.25) is 0 Å². The summed E-state index contributed by atoms with van der Waals surface area (Å²) in [6.07, 6.45) is 0.879. The highest BCUT2D eigenvalue weighted by molar-refractivity contribution is 5.88. The summed E-state index contributed by atoms with van der Waals surface area (Å²) in [5.41, 5.74) is 6.38. The van der Waals surface area contributed by atoms with E-state index in [4.69, 9.17) is 5.26 Å². The van der Waals surface area contributed by atoms with Crippen LogP contribution in [-0.2, 0) is 0 Å². The number of benzene rings is 2. The molecule has 0 atom stereocenters. The van der Waals surface area contributed by atoms with Gasteiger partial charge in [-0.05, 0) is 30.3 Å². The Balaban J connectivity index is 1.86. The van der Waals surface area contributed by atoms with E-state index in [1.54, 1.807) is 12.1 Å². The molecule has 0 aromatic heterocycles. The average Bonchev–Trinajstić information content (AvgIpc) is 2.75. The highest BCUT2D eigenvalue weighted by atomic mass is 15.0.